The van der Waals surface area contributed by atoms with Gasteiger partial charge in [-0.25, -0.2) is 14.8 Å². The summed E-state index contributed by atoms with van der Waals surface area (Å²) in [7, 11) is 3.18. The number of rotatable bonds is 8. The summed E-state index contributed by atoms with van der Waals surface area (Å²) in [5.41, 5.74) is 8.00. The van der Waals surface area contributed by atoms with Gasteiger partial charge in [0.2, 0.25) is 0 Å². The van der Waals surface area contributed by atoms with Gasteiger partial charge in [-0.2, -0.15) is 0 Å². The maximum Gasteiger partial charge on any atom is 0.350 e. The lowest BCUT2D eigenvalue weighted by Gasteiger charge is -2.20. The second kappa shape index (κ2) is 9.50. The highest BCUT2D eigenvalue weighted by Gasteiger charge is 2.31. The van der Waals surface area contributed by atoms with E-state index in [1.165, 1.54) is 12.4 Å². The van der Waals surface area contributed by atoms with Crippen molar-refractivity contribution in [3.05, 3.63) is 87.9 Å². The van der Waals surface area contributed by atoms with E-state index in [1.54, 1.807) is 44.6 Å². The number of methoxy groups -OCH3 is 2. The van der Waals surface area contributed by atoms with Gasteiger partial charge < -0.3 is 25.3 Å². The molecule has 12 nitrogen and oxygen atoms in total. The number of aromatic nitrogens is 5. The fraction of sp³-hybridized carbons (Fsp3) is 0.208. The second-order valence-corrected chi connectivity index (χ2v) is 8.02. The molecule has 4 aromatic rings. The van der Waals surface area contributed by atoms with Crippen molar-refractivity contribution in [2.45, 2.75) is 12.1 Å². The molecule has 0 saturated heterocycles. The summed E-state index contributed by atoms with van der Waals surface area (Å²) in [5.74, 6) is 1.60. The smallest absolute Gasteiger partial charge is 0.350 e. The van der Waals surface area contributed by atoms with Crippen LogP contribution in [-0.4, -0.2) is 51.4 Å². The molecule has 1 aliphatic rings. The first-order chi connectivity index (χ1) is 17.5. The molecule has 0 fully saturated rings. The molecule has 0 amide bonds. The Balaban J connectivity index is 1.62. The van der Waals surface area contributed by atoms with Crippen LogP contribution >= 0.6 is 0 Å². The van der Waals surface area contributed by atoms with E-state index in [9.17, 15) is 4.79 Å². The Labute approximate surface area is 205 Å². The zero-order valence-electron chi connectivity index (χ0n) is 19.6. The SMILES string of the molecule is COc1cc(C(Nc2ccc(C(=N)N)cc2)c2nn(-c3ncccn3)c(=O)[nH]2)cc2c1OCC2OC. The summed E-state index contributed by atoms with van der Waals surface area (Å²) in [5, 5.41) is 15.5. The standard InChI is InChI=1S/C24H24N8O4/c1-34-17-11-14(10-16-18(35-2)12-36-20(16)17)19(29-15-6-4-13(5-7-15)21(25)26)22-30-24(33)32(31-22)23-27-8-3-9-28-23/h3-11,18-19,29H,12H2,1-2H3,(H3,25,26)(H,30,31,33). The highest BCUT2D eigenvalue weighted by Crippen LogP contribution is 2.44. The number of H-pyrrole nitrogens is 1. The number of nitrogens with zero attached hydrogens (tertiary/aromatic N) is 4. The molecule has 0 saturated carbocycles. The zero-order valence-corrected chi connectivity index (χ0v) is 19.6. The van der Waals surface area contributed by atoms with Crippen molar-refractivity contribution in [3.63, 3.8) is 0 Å². The van der Waals surface area contributed by atoms with Crippen LogP contribution in [-0.2, 0) is 4.74 Å². The minimum atomic E-state index is -0.608. The van der Waals surface area contributed by atoms with E-state index in [1.807, 2.05) is 12.1 Å². The van der Waals surface area contributed by atoms with E-state index >= 15 is 0 Å². The zero-order chi connectivity index (χ0) is 25.2. The Morgan fingerprint density at radius 2 is 2.00 bits per heavy atom. The third-order valence-corrected chi connectivity index (χ3v) is 5.83. The van der Waals surface area contributed by atoms with E-state index in [0.717, 1.165) is 21.5 Å². The molecule has 5 rings (SSSR count). The average Bonchev–Trinajstić information content (AvgIpc) is 3.50. The maximum atomic E-state index is 12.8. The molecule has 36 heavy (non-hydrogen) atoms. The number of hydrogen-bond acceptors (Lipinski definition) is 9. The Morgan fingerprint density at radius 3 is 2.67 bits per heavy atom. The van der Waals surface area contributed by atoms with Gasteiger partial charge in [0, 0.05) is 36.3 Å². The fourth-order valence-electron chi connectivity index (χ4n) is 4.03. The highest BCUT2D eigenvalue weighted by molar-refractivity contribution is 5.95. The molecule has 2 atom stereocenters. The first-order valence-corrected chi connectivity index (χ1v) is 11.0. The molecule has 0 aliphatic carbocycles. The van der Waals surface area contributed by atoms with Crippen LogP contribution in [0.2, 0.25) is 0 Å². The number of nitrogens with one attached hydrogen (secondary N) is 3. The number of fused-ring (bicyclic) bond motifs is 1. The molecule has 0 spiro atoms. The lowest BCUT2D eigenvalue weighted by atomic mass is 9.99. The van der Waals surface area contributed by atoms with E-state index in [2.05, 4.69) is 25.4 Å². The van der Waals surface area contributed by atoms with Crippen molar-refractivity contribution >= 4 is 11.5 Å². The largest absolute Gasteiger partial charge is 0.493 e. The Bertz CT molecular complexity index is 1450. The predicted octanol–water partition coefficient (Wildman–Crippen LogP) is 1.92. The van der Waals surface area contributed by atoms with Gasteiger partial charge >= 0.3 is 5.69 Å². The Kier molecular flexibility index (Phi) is 6.09. The van der Waals surface area contributed by atoms with E-state index in [0.29, 0.717) is 29.5 Å². The van der Waals surface area contributed by atoms with Crippen LogP contribution in [0.15, 0.2) is 59.7 Å². The number of ether oxygens (including phenoxy) is 3. The number of hydrogen-bond donors (Lipinski definition) is 4. The molecule has 5 N–H and O–H groups in total. The van der Waals surface area contributed by atoms with Gasteiger partial charge in [0.25, 0.3) is 5.95 Å². The van der Waals surface area contributed by atoms with E-state index < -0.39 is 11.7 Å². The van der Waals surface area contributed by atoms with Gasteiger partial charge in [-0.15, -0.1) is 9.78 Å². The van der Waals surface area contributed by atoms with Gasteiger partial charge in [0.05, 0.1) is 7.11 Å². The molecule has 2 aromatic heterocycles. The summed E-state index contributed by atoms with van der Waals surface area (Å²) >= 11 is 0. The molecule has 3 heterocycles. The Hall–Kier alpha value is -4.71. The monoisotopic (exact) mass is 488 g/mol. The number of benzene rings is 2. The summed E-state index contributed by atoms with van der Waals surface area (Å²) in [6.45, 7) is 0.368. The van der Waals surface area contributed by atoms with Crippen molar-refractivity contribution in [2.75, 3.05) is 26.1 Å². The third kappa shape index (κ3) is 4.25. The number of nitrogen functional groups attached to an aromatic ring is 1. The molecular formula is C24H24N8O4. The van der Waals surface area contributed by atoms with Crippen LogP contribution in [0.5, 0.6) is 11.5 Å². The quantitative estimate of drug-likeness (QED) is 0.214. The lowest BCUT2D eigenvalue weighted by molar-refractivity contribution is 0.0814. The summed E-state index contributed by atoms with van der Waals surface area (Å²) in [6.07, 6.45) is 2.80. The van der Waals surface area contributed by atoms with Gasteiger partial charge in [0.15, 0.2) is 17.3 Å². The molecular weight excluding hydrogens is 464 g/mol. The van der Waals surface area contributed by atoms with Crippen LogP contribution in [0.4, 0.5) is 5.69 Å². The molecule has 1 aliphatic heterocycles. The van der Waals surface area contributed by atoms with Crippen molar-refractivity contribution in [3.8, 4) is 17.4 Å². The van der Waals surface area contributed by atoms with Crippen molar-refractivity contribution in [1.82, 2.24) is 24.7 Å². The minimum Gasteiger partial charge on any atom is -0.493 e. The number of nitrogens with two attached hydrogens (primary N) is 1. The van der Waals surface area contributed by atoms with Crippen LogP contribution < -0.4 is 26.2 Å². The first-order valence-electron chi connectivity index (χ1n) is 11.0. The molecule has 2 unspecified atom stereocenters. The average molecular weight is 489 g/mol. The van der Waals surface area contributed by atoms with Gasteiger partial charge in [-0.1, -0.05) is 0 Å². The molecule has 0 bridgehead atoms. The second-order valence-electron chi connectivity index (χ2n) is 8.02. The Morgan fingerprint density at radius 1 is 1.25 bits per heavy atom. The van der Waals surface area contributed by atoms with Crippen LogP contribution in [0.3, 0.4) is 0 Å². The molecule has 2 aromatic carbocycles. The van der Waals surface area contributed by atoms with E-state index in [-0.39, 0.29) is 17.9 Å². The van der Waals surface area contributed by atoms with Crippen LogP contribution in [0.1, 0.15) is 34.7 Å². The lowest BCUT2D eigenvalue weighted by Crippen LogP contribution is -2.18. The topological polar surface area (TPSA) is 166 Å². The van der Waals surface area contributed by atoms with Crippen LogP contribution in [0, 0.1) is 5.41 Å². The number of anilines is 1. The minimum absolute atomic E-state index is 0.0296. The van der Waals surface area contributed by atoms with Crippen molar-refractivity contribution < 1.29 is 14.2 Å². The number of amidine groups is 1. The normalized spacial score (nSPS) is 15.1. The third-order valence-electron chi connectivity index (χ3n) is 5.83. The summed E-state index contributed by atoms with van der Waals surface area (Å²) in [6, 6.07) is 11.9. The van der Waals surface area contributed by atoms with Gasteiger partial charge in [-0.05, 0) is 48.0 Å². The fourth-order valence-corrected chi connectivity index (χ4v) is 4.03. The molecule has 0 radical (unpaired) electrons. The molecule has 12 heteroatoms. The summed E-state index contributed by atoms with van der Waals surface area (Å²) in [4.78, 5) is 23.9. The predicted molar refractivity (Wildman–Crippen MR) is 131 cm³/mol. The van der Waals surface area contributed by atoms with Gasteiger partial charge in [-0.3, -0.25) is 10.4 Å². The van der Waals surface area contributed by atoms with Crippen molar-refractivity contribution in [1.29, 1.82) is 5.41 Å². The highest BCUT2D eigenvalue weighted by atomic mass is 16.6. The van der Waals surface area contributed by atoms with E-state index in [4.69, 9.17) is 25.4 Å². The van der Waals surface area contributed by atoms with Crippen LogP contribution in [0.25, 0.3) is 5.95 Å². The van der Waals surface area contributed by atoms with Crippen molar-refractivity contribution in [2.24, 2.45) is 5.73 Å². The maximum absolute atomic E-state index is 12.8. The number of aromatic amines is 1. The molecule has 184 valence electrons. The van der Waals surface area contributed by atoms with Gasteiger partial charge in [0.1, 0.15) is 24.6 Å². The first kappa shape index (κ1) is 23.1. The summed E-state index contributed by atoms with van der Waals surface area (Å²) < 4.78 is 18.1.